The number of benzene rings is 15. The fraction of sp³-hybridized carbons (Fsp3) is 0.0323. The predicted octanol–water partition coefficient (Wildman–Crippen LogP) is 24.3. The van der Waals surface area contributed by atoms with E-state index < -0.39 is 0 Å². The van der Waals surface area contributed by atoms with E-state index in [-0.39, 0.29) is 0 Å². The van der Waals surface area contributed by atoms with Crippen molar-refractivity contribution in [2.75, 3.05) is 0 Å². The van der Waals surface area contributed by atoms with Crippen molar-refractivity contribution in [1.29, 1.82) is 0 Å². The van der Waals surface area contributed by atoms with Crippen LogP contribution in [0.3, 0.4) is 0 Å². The molecule has 468 valence electrons. The van der Waals surface area contributed by atoms with Crippen LogP contribution in [-0.4, -0.2) is 27.4 Å². The average molecular weight is 1270 g/mol. The Morgan fingerprint density at radius 3 is 0.909 bits per heavy atom. The van der Waals surface area contributed by atoms with E-state index in [9.17, 15) is 0 Å². The monoisotopic (exact) mass is 1270 g/mol. The van der Waals surface area contributed by atoms with Crippen molar-refractivity contribution in [2.45, 2.75) is 0 Å². The van der Waals surface area contributed by atoms with Crippen molar-refractivity contribution in [1.82, 2.24) is 27.4 Å². The SMILES string of the molecule is Cn1c2ccccc2c2cc3c4ccccc4n(-c4ccc(-c5ccccc5)cc4)c3cc21.Cn1c2ccccc2c2cc3c4ccccc4n(-c4cccc(-c5ccccc5)c4)c3cc21.Cn1c2ccccc2c2cc3c4ccccc4n(-c4ccccc4-c4ccccc4)c3cc21. The maximum absolute atomic E-state index is 2.43. The van der Waals surface area contributed by atoms with Gasteiger partial charge in [-0.3, -0.25) is 0 Å². The summed E-state index contributed by atoms with van der Waals surface area (Å²) in [4.78, 5) is 0. The van der Waals surface area contributed by atoms with Gasteiger partial charge in [-0.25, -0.2) is 0 Å². The summed E-state index contributed by atoms with van der Waals surface area (Å²) in [6, 6.07) is 125. The third kappa shape index (κ3) is 9.25. The summed E-state index contributed by atoms with van der Waals surface area (Å²) >= 11 is 0. The molecule has 0 aliphatic carbocycles. The molecule has 0 N–H and O–H groups in total. The number of hydrogen-bond acceptors (Lipinski definition) is 0. The van der Waals surface area contributed by atoms with E-state index in [4.69, 9.17) is 0 Å². The molecule has 6 nitrogen and oxygen atoms in total. The molecule has 0 spiro atoms. The van der Waals surface area contributed by atoms with Crippen molar-refractivity contribution in [3.8, 4) is 50.4 Å². The van der Waals surface area contributed by atoms with Gasteiger partial charge in [0, 0.05) is 119 Å². The Kier molecular flexibility index (Phi) is 13.5. The quantitative estimate of drug-likeness (QED) is 0.159. The fourth-order valence-electron chi connectivity index (χ4n) is 16.1. The van der Waals surface area contributed by atoms with Gasteiger partial charge in [0.1, 0.15) is 0 Å². The van der Waals surface area contributed by atoms with Gasteiger partial charge in [0.15, 0.2) is 0 Å². The number of fused-ring (bicyclic) bond motifs is 18. The summed E-state index contributed by atoms with van der Waals surface area (Å²) in [5, 5.41) is 15.6. The van der Waals surface area contributed by atoms with Gasteiger partial charge in [0.25, 0.3) is 0 Å². The molecule has 6 heterocycles. The second-order valence-corrected chi connectivity index (χ2v) is 26.2. The lowest BCUT2D eigenvalue weighted by atomic mass is 10.0. The molecule has 99 heavy (non-hydrogen) atoms. The molecule has 0 bridgehead atoms. The first-order chi connectivity index (χ1) is 48.9. The molecule has 21 rings (SSSR count). The largest absolute Gasteiger partial charge is 0.344 e. The topological polar surface area (TPSA) is 29.6 Å². The predicted molar refractivity (Wildman–Crippen MR) is 421 cm³/mol. The molecule has 0 fully saturated rings. The Morgan fingerprint density at radius 1 is 0.162 bits per heavy atom. The van der Waals surface area contributed by atoms with E-state index in [1.54, 1.807) is 0 Å². The normalized spacial score (nSPS) is 11.8. The van der Waals surface area contributed by atoms with Crippen molar-refractivity contribution in [2.24, 2.45) is 21.1 Å². The molecule has 0 unspecified atom stereocenters. The lowest BCUT2D eigenvalue weighted by Crippen LogP contribution is -1.97. The number of para-hydroxylation sites is 7. The van der Waals surface area contributed by atoms with Crippen LogP contribution in [0.25, 0.3) is 181 Å². The van der Waals surface area contributed by atoms with E-state index in [1.807, 2.05) is 0 Å². The first kappa shape index (κ1) is 57.5. The minimum atomic E-state index is 1.18. The summed E-state index contributed by atoms with van der Waals surface area (Å²) in [5.74, 6) is 0. The first-order valence-electron chi connectivity index (χ1n) is 34.1. The highest BCUT2D eigenvalue weighted by Crippen LogP contribution is 2.43. The van der Waals surface area contributed by atoms with Gasteiger partial charge >= 0.3 is 0 Å². The highest BCUT2D eigenvalue weighted by molar-refractivity contribution is 6.22. The van der Waals surface area contributed by atoms with Crippen LogP contribution < -0.4 is 0 Å². The Morgan fingerprint density at radius 2 is 0.465 bits per heavy atom. The van der Waals surface area contributed by atoms with Crippen molar-refractivity contribution >= 4 is 131 Å². The Hall–Kier alpha value is -12.9. The minimum Gasteiger partial charge on any atom is -0.344 e. The number of rotatable bonds is 6. The van der Waals surface area contributed by atoms with Crippen LogP contribution in [-0.2, 0) is 21.1 Å². The first-order valence-corrected chi connectivity index (χ1v) is 34.1. The van der Waals surface area contributed by atoms with Gasteiger partial charge in [0.2, 0.25) is 0 Å². The Balaban J connectivity index is 0.000000104. The van der Waals surface area contributed by atoms with Crippen LogP contribution in [0, 0.1) is 0 Å². The van der Waals surface area contributed by atoms with Crippen molar-refractivity contribution in [3.63, 3.8) is 0 Å². The maximum Gasteiger partial charge on any atom is 0.0562 e. The van der Waals surface area contributed by atoms with Crippen molar-refractivity contribution in [3.05, 3.63) is 346 Å². The molecule has 0 saturated carbocycles. The lowest BCUT2D eigenvalue weighted by Gasteiger charge is -2.14. The van der Waals surface area contributed by atoms with Gasteiger partial charge < -0.3 is 27.4 Å². The molecular weight excluding hydrogens is 1200 g/mol. The summed E-state index contributed by atoms with van der Waals surface area (Å²) < 4.78 is 14.2. The molecule has 6 aromatic heterocycles. The summed E-state index contributed by atoms with van der Waals surface area (Å²) in [5.41, 5.74) is 25.9. The zero-order chi connectivity index (χ0) is 65.8. The summed E-state index contributed by atoms with van der Waals surface area (Å²) in [7, 11) is 6.50. The molecular formula is C93H66N6. The van der Waals surface area contributed by atoms with Crippen LogP contribution in [0.15, 0.2) is 346 Å². The fourth-order valence-corrected chi connectivity index (χ4v) is 16.1. The zero-order valence-corrected chi connectivity index (χ0v) is 55.1. The molecule has 21 aromatic rings. The highest BCUT2D eigenvalue weighted by atomic mass is 15.0. The molecule has 6 heteroatoms. The zero-order valence-electron chi connectivity index (χ0n) is 55.1. The van der Waals surface area contributed by atoms with Crippen LogP contribution in [0.2, 0.25) is 0 Å². The van der Waals surface area contributed by atoms with Crippen LogP contribution in [0.1, 0.15) is 0 Å². The summed E-state index contributed by atoms with van der Waals surface area (Å²) in [6.07, 6.45) is 0. The van der Waals surface area contributed by atoms with Gasteiger partial charge in [-0.05, 0) is 131 Å². The molecule has 0 atom stereocenters. The Labute approximate surface area is 572 Å². The van der Waals surface area contributed by atoms with Crippen LogP contribution in [0.5, 0.6) is 0 Å². The standard InChI is InChI=1S/3C31H22N2/c1-32-27-16-8-6-14-23(27)25-19-26-24-15-7-10-18-29(24)33(31(26)20-30(25)32)28-17-9-5-13-22(28)21-11-3-2-4-12-21;1-32-28-16-7-5-14-24(28)26-19-27-25-15-6-8-17-29(25)33(31(27)20-30(26)32)23-13-9-12-22(18-23)21-10-3-2-4-11-21;1-32-28-13-7-5-11-24(28)26-19-27-25-12-6-8-14-29(25)33(31(27)20-30(26)32)23-17-15-22(16-18-23)21-9-3-2-4-10-21/h3*2-20H,1H3. The molecule has 0 aliphatic rings. The molecule has 0 saturated heterocycles. The smallest absolute Gasteiger partial charge is 0.0562 e. The number of aromatic nitrogens is 6. The lowest BCUT2D eigenvalue weighted by molar-refractivity contribution is 1.01. The number of aryl methyl sites for hydroxylation is 3. The van der Waals surface area contributed by atoms with Gasteiger partial charge in [-0.1, -0.05) is 243 Å². The molecule has 0 amide bonds. The summed E-state index contributed by atoms with van der Waals surface area (Å²) in [6.45, 7) is 0. The second-order valence-electron chi connectivity index (χ2n) is 26.2. The second kappa shape index (κ2) is 23.2. The van der Waals surface area contributed by atoms with Gasteiger partial charge in [-0.2, -0.15) is 0 Å². The molecule has 0 radical (unpaired) electrons. The maximum atomic E-state index is 2.43. The van der Waals surface area contributed by atoms with Crippen molar-refractivity contribution < 1.29 is 0 Å². The van der Waals surface area contributed by atoms with E-state index in [2.05, 4.69) is 394 Å². The third-order valence-corrected chi connectivity index (χ3v) is 20.8. The van der Waals surface area contributed by atoms with Crippen LogP contribution >= 0.6 is 0 Å². The van der Waals surface area contributed by atoms with Gasteiger partial charge in [0.05, 0.1) is 55.3 Å². The van der Waals surface area contributed by atoms with Gasteiger partial charge in [-0.15, -0.1) is 0 Å². The number of hydrogen-bond donors (Lipinski definition) is 0. The van der Waals surface area contributed by atoms with E-state index in [1.165, 1.54) is 181 Å². The Bertz CT molecular complexity index is 6730. The molecule has 0 aliphatic heterocycles. The van der Waals surface area contributed by atoms with E-state index in [0.717, 1.165) is 0 Å². The molecule has 15 aromatic carbocycles. The number of nitrogens with zero attached hydrogens (tertiary/aromatic N) is 6. The highest BCUT2D eigenvalue weighted by Gasteiger charge is 2.22. The minimum absolute atomic E-state index is 1.18. The van der Waals surface area contributed by atoms with E-state index in [0.29, 0.717) is 0 Å². The van der Waals surface area contributed by atoms with Crippen LogP contribution in [0.4, 0.5) is 0 Å². The van der Waals surface area contributed by atoms with E-state index >= 15 is 0 Å². The average Bonchev–Trinajstić information content (AvgIpc) is 1.58. The third-order valence-electron chi connectivity index (χ3n) is 20.8.